The zero-order valence-electron chi connectivity index (χ0n) is 10.2. The van der Waals surface area contributed by atoms with Gasteiger partial charge in [0.15, 0.2) is 0 Å². The third-order valence-electron chi connectivity index (χ3n) is 3.56. The van der Waals surface area contributed by atoms with E-state index in [0.29, 0.717) is 6.04 Å². The molecule has 1 saturated carbocycles. The van der Waals surface area contributed by atoms with Crippen molar-refractivity contribution in [1.82, 2.24) is 0 Å². The van der Waals surface area contributed by atoms with E-state index in [1.54, 1.807) is 11.8 Å². The monoisotopic (exact) mass is 235 g/mol. The van der Waals surface area contributed by atoms with Gasteiger partial charge in [0, 0.05) is 16.6 Å². The van der Waals surface area contributed by atoms with Gasteiger partial charge in [-0.1, -0.05) is 19.4 Å². The first-order chi connectivity index (χ1) is 7.81. The third-order valence-corrected chi connectivity index (χ3v) is 4.28. The van der Waals surface area contributed by atoms with Crippen molar-refractivity contribution in [3.8, 4) is 0 Å². The quantitative estimate of drug-likeness (QED) is 0.776. The van der Waals surface area contributed by atoms with E-state index >= 15 is 0 Å². The van der Waals surface area contributed by atoms with Crippen molar-refractivity contribution in [3.63, 3.8) is 0 Å². The molecule has 1 aliphatic carbocycles. The van der Waals surface area contributed by atoms with Gasteiger partial charge in [0.25, 0.3) is 0 Å². The van der Waals surface area contributed by atoms with Crippen molar-refractivity contribution in [1.29, 1.82) is 0 Å². The second kappa shape index (κ2) is 5.62. The summed E-state index contributed by atoms with van der Waals surface area (Å²) >= 11 is 1.81. The van der Waals surface area contributed by atoms with Gasteiger partial charge >= 0.3 is 0 Å². The molecule has 2 heteroatoms. The lowest BCUT2D eigenvalue weighted by atomic mass is 10.1. The van der Waals surface area contributed by atoms with Crippen LogP contribution < -0.4 is 5.32 Å². The molecule has 1 aliphatic rings. The summed E-state index contributed by atoms with van der Waals surface area (Å²) in [5.74, 6) is 0.946. The van der Waals surface area contributed by atoms with E-state index in [1.807, 2.05) is 0 Å². The Morgan fingerprint density at radius 3 is 2.94 bits per heavy atom. The minimum absolute atomic E-state index is 0.696. The molecule has 2 rings (SSSR count). The second-order valence-electron chi connectivity index (χ2n) is 4.66. The lowest BCUT2D eigenvalue weighted by Crippen LogP contribution is -2.15. The molecule has 0 heterocycles. The van der Waals surface area contributed by atoms with E-state index < -0.39 is 0 Å². The minimum atomic E-state index is 0.696. The van der Waals surface area contributed by atoms with E-state index in [4.69, 9.17) is 0 Å². The van der Waals surface area contributed by atoms with Gasteiger partial charge in [0.1, 0.15) is 0 Å². The van der Waals surface area contributed by atoms with Crippen molar-refractivity contribution in [2.24, 2.45) is 5.92 Å². The fraction of sp³-hybridized carbons (Fsp3) is 0.571. The molecule has 1 aromatic rings. The average molecular weight is 235 g/mol. The highest BCUT2D eigenvalue weighted by molar-refractivity contribution is 7.98. The standard InChI is InChI=1S/C14H21NS/c1-3-11-7-8-13(9-11)15-12-5-4-6-14(10-12)16-2/h4-6,10-11,13,15H,3,7-9H2,1-2H3. The van der Waals surface area contributed by atoms with Crippen LogP contribution in [0.1, 0.15) is 32.6 Å². The Labute approximate surface area is 103 Å². The molecule has 1 nitrogen and oxygen atoms in total. The predicted octanol–water partition coefficient (Wildman–Crippen LogP) is 4.40. The van der Waals surface area contributed by atoms with Gasteiger partial charge in [-0.3, -0.25) is 0 Å². The minimum Gasteiger partial charge on any atom is -0.382 e. The molecule has 1 fully saturated rings. The zero-order chi connectivity index (χ0) is 11.4. The number of nitrogens with one attached hydrogen (secondary N) is 1. The molecule has 0 spiro atoms. The van der Waals surface area contributed by atoms with Crippen LogP contribution in [0.15, 0.2) is 29.2 Å². The average Bonchev–Trinajstić information content (AvgIpc) is 2.77. The summed E-state index contributed by atoms with van der Waals surface area (Å²) in [6.07, 6.45) is 7.54. The van der Waals surface area contributed by atoms with Gasteiger partial charge in [0.05, 0.1) is 0 Å². The highest BCUT2D eigenvalue weighted by Gasteiger charge is 2.22. The molecule has 0 aromatic heterocycles. The number of benzene rings is 1. The van der Waals surface area contributed by atoms with E-state index in [9.17, 15) is 0 Å². The van der Waals surface area contributed by atoms with E-state index in [-0.39, 0.29) is 0 Å². The van der Waals surface area contributed by atoms with Gasteiger partial charge in [-0.25, -0.2) is 0 Å². The molecule has 0 saturated heterocycles. The second-order valence-corrected chi connectivity index (χ2v) is 5.54. The van der Waals surface area contributed by atoms with Crippen LogP contribution in [0.5, 0.6) is 0 Å². The number of hydrogen-bond acceptors (Lipinski definition) is 2. The van der Waals surface area contributed by atoms with Crippen LogP contribution >= 0.6 is 11.8 Å². The number of rotatable bonds is 4. The Balaban J connectivity index is 1.94. The van der Waals surface area contributed by atoms with E-state index in [1.165, 1.54) is 36.3 Å². The van der Waals surface area contributed by atoms with Crippen molar-refractivity contribution >= 4 is 17.4 Å². The topological polar surface area (TPSA) is 12.0 Å². The van der Waals surface area contributed by atoms with Gasteiger partial charge in [-0.15, -0.1) is 11.8 Å². The predicted molar refractivity (Wildman–Crippen MR) is 73.3 cm³/mol. The first-order valence-corrected chi connectivity index (χ1v) is 7.45. The molecular weight excluding hydrogens is 214 g/mol. The van der Waals surface area contributed by atoms with Crippen LogP contribution in [0.4, 0.5) is 5.69 Å². The summed E-state index contributed by atoms with van der Waals surface area (Å²) in [6, 6.07) is 9.44. The summed E-state index contributed by atoms with van der Waals surface area (Å²) in [5, 5.41) is 3.67. The van der Waals surface area contributed by atoms with Crippen LogP contribution in [0.25, 0.3) is 0 Å². The van der Waals surface area contributed by atoms with Crippen LogP contribution in [-0.2, 0) is 0 Å². The maximum Gasteiger partial charge on any atom is 0.0353 e. The summed E-state index contributed by atoms with van der Waals surface area (Å²) in [7, 11) is 0. The summed E-state index contributed by atoms with van der Waals surface area (Å²) < 4.78 is 0. The van der Waals surface area contributed by atoms with Crippen molar-refractivity contribution in [2.45, 2.75) is 43.5 Å². The van der Waals surface area contributed by atoms with Crippen LogP contribution in [0.3, 0.4) is 0 Å². The largest absolute Gasteiger partial charge is 0.382 e. The van der Waals surface area contributed by atoms with Gasteiger partial charge in [0.2, 0.25) is 0 Å². The molecule has 2 unspecified atom stereocenters. The molecule has 0 radical (unpaired) electrons. The van der Waals surface area contributed by atoms with Crippen LogP contribution in [0, 0.1) is 5.92 Å². The number of hydrogen-bond donors (Lipinski definition) is 1. The van der Waals surface area contributed by atoms with Gasteiger partial charge < -0.3 is 5.32 Å². The van der Waals surface area contributed by atoms with Crippen molar-refractivity contribution in [2.75, 3.05) is 11.6 Å². The molecule has 16 heavy (non-hydrogen) atoms. The highest BCUT2D eigenvalue weighted by atomic mass is 32.2. The summed E-state index contributed by atoms with van der Waals surface area (Å²) in [5.41, 5.74) is 1.29. The third kappa shape index (κ3) is 2.94. The highest BCUT2D eigenvalue weighted by Crippen LogP contribution is 2.30. The van der Waals surface area contributed by atoms with Gasteiger partial charge in [-0.05, 0) is 49.6 Å². The summed E-state index contributed by atoms with van der Waals surface area (Å²) in [4.78, 5) is 1.34. The molecule has 88 valence electrons. The van der Waals surface area contributed by atoms with Gasteiger partial charge in [-0.2, -0.15) is 0 Å². The van der Waals surface area contributed by atoms with Crippen molar-refractivity contribution in [3.05, 3.63) is 24.3 Å². The number of anilines is 1. The first-order valence-electron chi connectivity index (χ1n) is 6.22. The van der Waals surface area contributed by atoms with E-state index in [0.717, 1.165) is 5.92 Å². The molecule has 2 atom stereocenters. The first kappa shape index (κ1) is 11.8. The Morgan fingerprint density at radius 2 is 2.25 bits per heavy atom. The van der Waals surface area contributed by atoms with E-state index in [2.05, 4.69) is 42.8 Å². The number of thioether (sulfide) groups is 1. The SMILES string of the molecule is CCC1CCC(Nc2cccc(SC)c2)C1. The fourth-order valence-electron chi connectivity index (χ4n) is 2.53. The van der Waals surface area contributed by atoms with Crippen LogP contribution in [0.2, 0.25) is 0 Å². The molecular formula is C14H21NS. The molecule has 0 bridgehead atoms. The Bertz CT molecular complexity index is 337. The molecule has 1 aromatic carbocycles. The Hall–Kier alpha value is -0.630. The van der Waals surface area contributed by atoms with Crippen molar-refractivity contribution < 1.29 is 0 Å². The lowest BCUT2D eigenvalue weighted by Gasteiger charge is -2.14. The maximum atomic E-state index is 3.67. The summed E-state index contributed by atoms with van der Waals surface area (Å²) in [6.45, 7) is 2.31. The smallest absolute Gasteiger partial charge is 0.0353 e. The lowest BCUT2D eigenvalue weighted by molar-refractivity contribution is 0.525. The molecule has 0 aliphatic heterocycles. The Morgan fingerprint density at radius 1 is 1.38 bits per heavy atom. The fourth-order valence-corrected chi connectivity index (χ4v) is 2.98. The zero-order valence-corrected chi connectivity index (χ0v) is 11.0. The molecule has 0 amide bonds. The molecule has 1 N–H and O–H groups in total. The normalized spacial score (nSPS) is 24.6. The maximum absolute atomic E-state index is 3.67. The van der Waals surface area contributed by atoms with Crippen LogP contribution in [-0.4, -0.2) is 12.3 Å². The Kier molecular flexibility index (Phi) is 4.16.